The Hall–Kier alpha value is -2.77. The van der Waals surface area contributed by atoms with E-state index in [4.69, 9.17) is 5.73 Å². The first-order valence-electron chi connectivity index (χ1n) is 6.95. The molecule has 1 amide bonds. The average molecular weight is 339 g/mol. The second-order valence-corrected chi connectivity index (χ2v) is 5.78. The number of hydrogen-bond donors (Lipinski definition) is 3. The summed E-state index contributed by atoms with van der Waals surface area (Å²) in [5, 5.41) is 12.7. The number of hydrogen-bond acceptors (Lipinski definition) is 4. The molecule has 8 heteroatoms. The van der Waals surface area contributed by atoms with Gasteiger partial charge in [0, 0.05) is 11.8 Å². The number of carbonyl (C=O) groups is 1. The predicted octanol–water partition coefficient (Wildman–Crippen LogP) is 3.15. The van der Waals surface area contributed by atoms with Gasteiger partial charge in [-0.2, -0.15) is 13.2 Å². The van der Waals surface area contributed by atoms with Crippen LogP contribution in [-0.2, 0) is 11.0 Å². The largest absolute Gasteiger partial charge is 0.504 e. The first-order valence-corrected chi connectivity index (χ1v) is 6.95. The number of aromatic nitrogens is 1. The second-order valence-electron chi connectivity index (χ2n) is 5.78. The molecule has 0 fully saturated rings. The molecule has 0 spiro atoms. The van der Waals surface area contributed by atoms with Crippen LogP contribution in [0.5, 0.6) is 5.75 Å². The van der Waals surface area contributed by atoms with E-state index in [1.807, 2.05) is 0 Å². The molecule has 0 bridgehead atoms. The molecule has 0 aliphatic carbocycles. The molecule has 1 heterocycles. The van der Waals surface area contributed by atoms with Gasteiger partial charge in [0.25, 0.3) is 0 Å². The summed E-state index contributed by atoms with van der Waals surface area (Å²) in [5.74, 6) is -0.945. The van der Waals surface area contributed by atoms with Gasteiger partial charge in [-0.1, -0.05) is 12.1 Å². The van der Waals surface area contributed by atoms with Crippen LogP contribution in [0.1, 0.15) is 19.4 Å². The second kappa shape index (κ2) is 6.03. The first kappa shape index (κ1) is 17.6. The lowest BCUT2D eigenvalue weighted by molar-refractivity contribution is -0.137. The van der Waals surface area contributed by atoms with Crippen LogP contribution in [0, 0.1) is 0 Å². The average Bonchev–Trinajstić information content (AvgIpc) is 2.48. The Kier molecular flexibility index (Phi) is 4.42. The number of nitrogens with one attached hydrogen (secondary N) is 1. The number of nitrogens with zero attached hydrogens (tertiary/aromatic N) is 1. The summed E-state index contributed by atoms with van der Waals surface area (Å²) in [6.45, 7) is 3.02. The monoisotopic (exact) mass is 339 g/mol. The minimum atomic E-state index is -4.46. The molecule has 2 aromatic rings. The molecule has 1 aromatic heterocycles. The minimum Gasteiger partial charge on any atom is -0.504 e. The smallest absolute Gasteiger partial charge is 0.416 e. The summed E-state index contributed by atoms with van der Waals surface area (Å²) in [5.41, 5.74) is 3.85. The molecule has 4 N–H and O–H groups in total. The number of amides is 1. The van der Waals surface area contributed by atoms with Crippen LogP contribution in [0.25, 0.3) is 11.1 Å². The van der Waals surface area contributed by atoms with Crippen molar-refractivity contribution in [1.82, 2.24) is 4.98 Å². The molecule has 0 radical (unpaired) electrons. The van der Waals surface area contributed by atoms with E-state index in [1.54, 1.807) is 0 Å². The summed E-state index contributed by atoms with van der Waals surface area (Å²) in [6.07, 6.45) is -3.16. The molecule has 128 valence electrons. The molecule has 1 aromatic carbocycles. The number of rotatable bonds is 4. The van der Waals surface area contributed by atoms with Crippen LogP contribution in [0.15, 0.2) is 36.5 Å². The molecule has 0 atom stereocenters. The first-order chi connectivity index (χ1) is 11.0. The van der Waals surface area contributed by atoms with Crippen LogP contribution in [0.3, 0.4) is 0 Å². The Balaban J connectivity index is 2.35. The summed E-state index contributed by atoms with van der Waals surface area (Å²) >= 11 is 0. The quantitative estimate of drug-likeness (QED) is 0.798. The zero-order chi connectivity index (χ0) is 18.1. The van der Waals surface area contributed by atoms with Crippen LogP contribution in [-0.4, -0.2) is 21.5 Å². The van der Waals surface area contributed by atoms with Crippen molar-refractivity contribution in [1.29, 1.82) is 0 Å². The summed E-state index contributed by atoms with van der Waals surface area (Å²) in [6, 6.07) is 5.95. The molecule has 0 aliphatic rings. The summed E-state index contributed by atoms with van der Waals surface area (Å²) in [7, 11) is 0. The topological polar surface area (TPSA) is 88.2 Å². The molecule has 0 saturated heterocycles. The standard InChI is InChI=1S/C16H16F3N3O2/c1-15(2,14(20)24)22-13-12(23)7-10(8-21-13)9-4-3-5-11(6-9)16(17,18)19/h3-8,23H,1-2H3,(H2,20,24)(H,21,22). The zero-order valence-electron chi connectivity index (χ0n) is 13.0. The highest BCUT2D eigenvalue weighted by atomic mass is 19.4. The van der Waals surface area contributed by atoms with E-state index in [9.17, 15) is 23.1 Å². The molecular weight excluding hydrogens is 323 g/mol. The fraction of sp³-hybridized carbons (Fsp3) is 0.250. The van der Waals surface area contributed by atoms with Crippen LogP contribution in [0.2, 0.25) is 0 Å². The fourth-order valence-corrected chi connectivity index (χ4v) is 1.94. The highest BCUT2D eigenvalue weighted by Gasteiger charge is 2.30. The number of primary amides is 1. The van der Waals surface area contributed by atoms with Crippen molar-refractivity contribution in [3.05, 3.63) is 42.1 Å². The lowest BCUT2D eigenvalue weighted by Crippen LogP contribution is -2.45. The fourth-order valence-electron chi connectivity index (χ4n) is 1.94. The molecule has 2 rings (SSSR count). The van der Waals surface area contributed by atoms with E-state index >= 15 is 0 Å². The zero-order valence-corrected chi connectivity index (χ0v) is 13.0. The SMILES string of the molecule is CC(C)(Nc1ncc(-c2cccc(C(F)(F)F)c2)cc1O)C(N)=O. The van der Waals surface area contributed by atoms with E-state index in [-0.39, 0.29) is 17.1 Å². The molecule has 5 nitrogen and oxygen atoms in total. The minimum absolute atomic E-state index is 0.00882. The van der Waals surface area contributed by atoms with Crippen molar-refractivity contribution >= 4 is 11.7 Å². The van der Waals surface area contributed by atoms with Gasteiger partial charge in [0.05, 0.1) is 5.56 Å². The Labute approximate surface area is 136 Å². The highest BCUT2D eigenvalue weighted by Crippen LogP contribution is 2.34. The third-order valence-corrected chi connectivity index (χ3v) is 3.44. The van der Waals surface area contributed by atoms with Gasteiger partial charge >= 0.3 is 6.18 Å². The number of pyridine rings is 1. The maximum absolute atomic E-state index is 12.8. The number of halogens is 3. The number of alkyl halides is 3. The van der Waals surface area contributed by atoms with E-state index in [0.717, 1.165) is 12.1 Å². The van der Waals surface area contributed by atoms with Crippen molar-refractivity contribution in [2.24, 2.45) is 5.73 Å². The normalized spacial score (nSPS) is 12.0. The Bertz CT molecular complexity index is 773. The van der Waals surface area contributed by atoms with Gasteiger partial charge in [-0.05, 0) is 37.6 Å². The Morgan fingerprint density at radius 1 is 1.21 bits per heavy atom. The van der Waals surface area contributed by atoms with E-state index in [0.29, 0.717) is 5.56 Å². The van der Waals surface area contributed by atoms with Gasteiger partial charge in [-0.3, -0.25) is 4.79 Å². The Morgan fingerprint density at radius 3 is 2.42 bits per heavy atom. The van der Waals surface area contributed by atoms with Gasteiger partial charge in [0.15, 0.2) is 11.6 Å². The Morgan fingerprint density at radius 2 is 1.88 bits per heavy atom. The maximum Gasteiger partial charge on any atom is 0.416 e. The number of nitrogens with two attached hydrogens (primary N) is 1. The lowest BCUT2D eigenvalue weighted by atomic mass is 10.0. The van der Waals surface area contributed by atoms with Crippen molar-refractivity contribution in [2.45, 2.75) is 25.6 Å². The van der Waals surface area contributed by atoms with E-state index in [2.05, 4.69) is 10.3 Å². The third-order valence-electron chi connectivity index (χ3n) is 3.44. The van der Waals surface area contributed by atoms with Crippen molar-refractivity contribution in [3.8, 4) is 16.9 Å². The third kappa shape index (κ3) is 3.76. The molecule has 24 heavy (non-hydrogen) atoms. The molecule has 0 saturated carbocycles. The lowest BCUT2D eigenvalue weighted by Gasteiger charge is -2.23. The van der Waals surface area contributed by atoms with Gasteiger partial charge < -0.3 is 16.2 Å². The molecule has 0 unspecified atom stereocenters. The van der Waals surface area contributed by atoms with E-state index < -0.39 is 23.2 Å². The van der Waals surface area contributed by atoms with Crippen LogP contribution in [0.4, 0.5) is 19.0 Å². The van der Waals surface area contributed by atoms with Gasteiger partial charge in [-0.15, -0.1) is 0 Å². The van der Waals surface area contributed by atoms with E-state index in [1.165, 1.54) is 38.2 Å². The summed E-state index contributed by atoms with van der Waals surface area (Å²) < 4.78 is 38.3. The molecular formula is C16H16F3N3O2. The summed E-state index contributed by atoms with van der Waals surface area (Å²) in [4.78, 5) is 15.3. The van der Waals surface area contributed by atoms with Crippen LogP contribution < -0.4 is 11.1 Å². The van der Waals surface area contributed by atoms with Crippen molar-refractivity contribution < 1.29 is 23.1 Å². The van der Waals surface area contributed by atoms with Crippen LogP contribution >= 0.6 is 0 Å². The van der Waals surface area contributed by atoms with Crippen molar-refractivity contribution in [3.63, 3.8) is 0 Å². The number of carbonyl (C=O) groups excluding carboxylic acids is 1. The van der Waals surface area contributed by atoms with Crippen molar-refractivity contribution in [2.75, 3.05) is 5.32 Å². The molecule has 0 aliphatic heterocycles. The van der Waals surface area contributed by atoms with Gasteiger partial charge in [-0.25, -0.2) is 4.98 Å². The van der Waals surface area contributed by atoms with Gasteiger partial charge in [0.2, 0.25) is 5.91 Å². The predicted molar refractivity (Wildman–Crippen MR) is 83.2 cm³/mol. The number of anilines is 1. The number of aromatic hydroxyl groups is 1. The number of benzene rings is 1. The van der Waals surface area contributed by atoms with Gasteiger partial charge in [0.1, 0.15) is 5.54 Å². The maximum atomic E-state index is 12.8. The highest BCUT2D eigenvalue weighted by molar-refractivity contribution is 5.87.